The van der Waals surface area contributed by atoms with Crippen molar-refractivity contribution in [1.29, 1.82) is 0 Å². The molecule has 116 valence electrons. The van der Waals surface area contributed by atoms with Crippen molar-refractivity contribution < 1.29 is 4.74 Å². The zero-order chi connectivity index (χ0) is 15.2. The normalized spacial score (nSPS) is 16.3. The number of piperazine rings is 1. The molecule has 0 spiro atoms. The molecule has 1 aliphatic rings. The molecule has 1 aromatic heterocycles. The van der Waals surface area contributed by atoms with E-state index in [2.05, 4.69) is 39.2 Å². The predicted molar refractivity (Wildman–Crippen MR) is 87.4 cm³/mol. The second-order valence-electron chi connectivity index (χ2n) is 5.57. The third kappa shape index (κ3) is 3.95. The smallest absolute Gasteiger partial charge is 0.234 e. The molecule has 1 aromatic carbocycles. The van der Waals surface area contributed by atoms with Crippen molar-refractivity contribution in [2.24, 2.45) is 0 Å². The van der Waals surface area contributed by atoms with E-state index < -0.39 is 0 Å². The molecule has 0 aliphatic carbocycles. The van der Waals surface area contributed by atoms with E-state index >= 15 is 0 Å². The number of ether oxygens (including phenoxy) is 1. The lowest BCUT2D eigenvalue weighted by Crippen LogP contribution is -2.43. The summed E-state index contributed by atoms with van der Waals surface area (Å²) in [7, 11) is 0. The first-order chi connectivity index (χ1) is 10.8. The zero-order valence-electron chi connectivity index (χ0n) is 12.9. The summed E-state index contributed by atoms with van der Waals surface area (Å²) in [6.45, 7) is 5.94. The Morgan fingerprint density at radius 1 is 1.18 bits per heavy atom. The van der Waals surface area contributed by atoms with Crippen LogP contribution in [0.4, 0.5) is 5.82 Å². The Labute approximate surface area is 131 Å². The van der Waals surface area contributed by atoms with E-state index in [4.69, 9.17) is 4.74 Å². The van der Waals surface area contributed by atoms with Crippen LogP contribution < -0.4 is 15.0 Å². The highest BCUT2D eigenvalue weighted by Gasteiger charge is 2.14. The highest BCUT2D eigenvalue weighted by molar-refractivity contribution is 5.38. The molecule has 3 rings (SSSR count). The summed E-state index contributed by atoms with van der Waals surface area (Å²) in [5.74, 6) is 1.49. The number of benzene rings is 1. The average Bonchev–Trinajstić information content (AvgIpc) is 2.57. The fraction of sp³-hybridized carbons (Fsp3) is 0.412. The number of anilines is 1. The van der Waals surface area contributed by atoms with Crippen molar-refractivity contribution >= 4 is 5.82 Å². The highest BCUT2D eigenvalue weighted by atomic mass is 16.5. The topological polar surface area (TPSA) is 50.3 Å². The van der Waals surface area contributed by atoms with Crippen LogP contribution in [0, 0.1) is 0 Å². The highest BCUT2D eigenvalue weighted by Crippen LogP contribution is 2.16. The number of nitrogens with one attached hydrogen (secondary N) is 1. The van der Waals surface area contributed by atoms with Gasteiger partial charge in [0.25, 0.3) is 0 Å². The molecule has 22 heavy (non-hydrogen) atoms. The zero-order valence-corrected chi connectivity index (χ0v) is 12.9. The molecule has 5 nitrogen and oxygen atoms in total. The standard InChI is InChI=1S/C17H22N4O/c1-14(11-15-5-3-2-4-6-15)22-17-13-19-12-16(20-17)21-9-7-18-8-10-21/h2-6,12-14,18H,7-11H2,1H3. The number of aromatic nitrogens is 2. The molecule has 0 bridgehead atoms. The van der Waals surface area contributed by atoms with Gasteiger partial charge in [-0.25, -0.2) is 0 Å². The van der Waals surface area contributed by atoms with Crippen molar-refractivity contribution in [1.82, 2.24) is 15.3 Å². The summed E-state index contributed by atoms with van der Waals surface area (Å²) in [4.78, 5) is 11.1. The Bertz CT molecular complexity index is 584. The van der Waals surface area contributed by atoms with Gasteiger partial charge in [0.15, 0.2) is 5.82 Å². The van der Waals surface area contributed by atoms with Gasteiger partial charge in [-0.3, -0.25) is 4.98 Å². The molecule has 5 heteroatoms. The van der Waals surface area contributed by atoms with Crippen molar-refractivity contribution in [2.45, 2.75) is 19.4 Å². The van der Waals surface area contributed by atoms with Crippen LogP contribution in [0.1, 0.15) is 12.5 Å². The third-order valence-corrected chi connectivity index (χ3v) is 3.73. The van der Waals surface area contributed by atoms with Gasteiger partial charge in [0.05, 0.1) is 12.4 Å². The van der Waals surface area contributed by atoms with Crippen molar-refractivity contribution in [3.63, 3.8) is 0 Å². The Morgan fingerprint density at radius 2 is 1.95 bits per heavy atom. The quantitative estimate of drug-likeness (QED) is 0.913. The Balaban J connectivity index is 1.62. The number of hydrogen-bond donors (Lipinski definition) is 1. The molecule has 1 N–H and O–H groups in total. The minimum absolute atomic E-state index is 0.0648. The van der Waals surface area contributed by atoms with Gasteiger partial charge in [-0.05, 0) is 12.5 Å². The van der Waals surface area contributed by atoms with Crippen molar-refractivity contribution in [3.05, 3.63) is 48.3 Å². The van der Waals surface area contributed by atoms with Crippen molar-refractivity contribution in [3.8, 4) is 5.88 Å². The lowest BCUT2D eigenvalue weighted by atomic mass is 10.1. The maximum Gasteiger partial charge on any atom is 0.234 e. The predicted octanol–water partition coefficient (Wildman–Crippen LogP) is 1.90. The summed E-state index contributed by atoms with van der Waals surface area (Å²) >= 11 is 0. The molecule has 1 unspecified atom stereocenters. The molecule has 0 amide bonds. The van der Waals surface area contributed by atoms with Crippen molar-refractivity contribution in [2.75, 3.05) is 31.1 Å². The number of hydrogen-bond acceptors (Lipinski definition) is 5. The Morgan fingerprint density at radius 3 is 2.73 bits per heavy atom. The van der Waals surface area contributed by atoms with Crippen LogP contribution in [0.5, 0.6) is 5.88 Å². The van der Waals surface area contributed by atoms with Gasteiger partial charge in [0.2, 0.25) is 5.88 Å². The Hall–Kier alpha value is -2.14. The van der Waals surface area contributed by atoms with E-state index in [0.29, 0.717) is 5.88 Å². The second kappa shape index (κ2) is 7.22. The average molecular weight is 298 g/mol. The molecule has 1 aliphatic heterocycles. The summed E-state index contributed by atoms with van der Waals surface area (Å²) in [6, 6.07) is 10.3. The maximum atomic E-state index is 5.93. The molecule has 1 fully saturated rings. The van der Waals surface area contributed by atoms with Gasteiger partial charge in [-0.1, -0.05) is 30.3 Å². The van der Waals surface area contributed by atoms with E-state index in [9.17, 15) is 0 Å². The molecule has 2 aromatic rings. The van der Waals surface area contributed by atoms with Gasteiger partial charge in [-0.15, -0.1) is 0 Å². The SMILES string of the molecule is CC(Cc1ccccc1)Oc1cncc(N2CCNCC2)n1. The van der Waals surface area contributed by atoms with Crippen LogP contribution in [0.25, 0.3) is 0 Å². The van der Waals surface area contributed by atoms with E-state index in [-0.39, 0.29) is 6.10 Å². The van der Waals surface area contributed by atoms with Crippen LogP contribution in [-0.2, 0) is 6.42 Å². The van der Waals surface area contributed by atoms with Crippen LogP contribution >= 0.6 is 0 Å². The molecule has 1 atom stereocenters. The van der Waals surface area contributed by atoms with Gasteiger partial charge < -0.3 is 15.0 Å². The molecule has 0 radical (unpaired) electrons. The summed E-state index contributed by atoms with van der Waals surface area (Å²) in [6.07, 6.45) is 4.42. The van der Waals surface area contributed by atoms with Gasteiger partial charge in [-0.2, -0.15) is 4.98 Å². The Kier molecular flexibility index (Phi) is 4.85. The lowest BCUT2D eigenvalue weighted by molar-refractivity contribution is 0.212. The van der Waals surface area contributed by atoms with E-state index in [1.807, 2.05) is 18.2 Å². The largest absolute Gasteiger partial charge is 0.473 e. The first kappa shape index (κ1) is 14.8. The summed E-state index contributed by atoms with van der Waals surface area (Å²) in [5, 5.41) is 3.34. The fourth-order valence-electron chi connectivity index (χ4n) is 2.64. The first-order valence-electron chi connectivity index (χ1n) is 7.79. The van der Waals surface area contributed by atoms with Gasteiger partial charge in [0, 0.05) is 32.6 Å². The second-order valence-corrected chi connectivity index (χ2v) is 5.57. The molecular weight excluding hydrogens is 276 g/mol. The van der Waals surface area contributed by atoms with Gasteiger partial charge in [0.1, 0.15) is 6.10 Å². The lowest BCUT2D eigenvalue weighted by Gasteiger charge is -2.28. The summed E-state index contributed by atoms with van der Waals surface area (Å²) in [5.41, 5.74) is 1.27. The molecule has 0 saturated carbocycles. The number of rotatable bonds is 5. The number of nitrogens with zero attached hydrogens (tertiary/aromatic N) is 3. The fourth-order valence-corrected chi connectivity index (χ4v) is 2.64. The minimum atomic E-state index is 0.0648. The van der Waals surface area contributed by atoms with Crippen LogP contribution in [0.3, 0.4) is 0 Å². The van der Waals surface area contributed by atoms with E-state index in [0.717, 1.165) is 38.4 Å². The van der Waals surface area contributed by atoms with E-state index in [1.165, 1.54) is 5.56 Å². The minimum Gasteiger partial charge on any atom is -0.473 e. The van der Waals surface area contributed by atoms with Gasteiger partial charge >= 0.3 is 0 Å². The first-order valence-corrected chi connectivity index (χ1v) is 7.79. The monoisotopic (exact) mass is 298 g/mol. The van der Waals surface area contributed by atoms with E-state index in [1.54, 1.807) is 12.4 Å². The molecular formula is C17H22N4O. The third-order valence-electron chi connectivity index (χ3n) is 3.73. The van der Waals surface area contributed by atoms with Crippen LogP contribution in [0.2, 0.25) is 0 Å². The summed E-state index contributed by atoms with van der Waals surface area (Å²) < 4.78 is 5.93. The van der Waals surface area contributed by atoms with Crippen LogP contribution in [0.15, 0.2) is 42.7 Å². The van der Waals surface area contributed by atoms with Crippen LogP contribution in [-0.4, -0.2) is 42.3 Å². The maximum absolute atomic E-state index is 5.93. The molecule has 1 saturated heterocycles. The molecule has 2 heterocycles.